The molecule has 4 aromatic rings. The van der Waals surface area contributed by atoms with E-state index in [-0.39, 0.29) is 5.75 Å². The van der Waals surface area contributed by atoms with Gasteiger partial charge in [-0.2, -0.15) is 0 Å². The maximum atomic E-state index is 10.3. The summed E-state index contributed by atoms with van der Waals surface area (Å²) in [4.78, 5) is 10.7. The number of aromatic nitrogens is 2. The third-order valence-electron chi connectivity index (χ3n) is 12.6. The summed E-state index contributed by atoms with van der Waals surface area (Å²) in [5.41, 5.74) is 247. The molecule has 6 nitrogen and oxygen atoms in total. The first-order chi connectivity index (χ1) is 67.1. The lowest BCUT2D eigenvalue weighted by Gasteiger charge is -2.26. The van der Waals surface area contributed by atoms with Crippen molar-refractivity contribution in [2.75, 3.05) is 26.2 Å². The number of likely N-dealkylation sites (tertiary alicyclic amines) is 1. The van der Waals surface area contributed by atoms with Gasteiger partial charge in [0.25, 0.3) is 0 Å². The highest BCUT2D eigenvalue weighted by Crippen LogP contribution is 2.28. The van der Waals surface area contributed by atoms with Crippen LogP contribution < -0.4 is 5.32 Å². The van der Waals surface area contributed by atoms with Crippen LogP contribution >= 0.6 is 0 Å². The largest absolute Gasteiger partial charge is 0.506 e. The molecule has 588 valence electrons. The molecule has 2 aromatic carbocycles. The SMILES string of the molecule is C1CCNCC1.C=C=C=C=C=C=C=C=C=C=C=C=C=C=C=C=C=C=C=C=C=C=C=C=C=C=C=C=C=C=C=C=C=C=C=C=C=C=C=C=C=C=C=C=C=C=C=C=C=C=C=C=C=C=C=C=C=C=C=C=C=C=C=C=C=C=C=C=C=C=C=C=C=C=C=C=C=C=C=C=C=C=C=C=C=C=C=C=C=C=C=C=C=C=C=C=C=C=C=C.Oc1c(CN2CCCCC2)ccc2cccnc12.Oc1cccc2cccnc12. The number of piperidine rings is 2. The fourth-order valence-corrected chi connectivity index (χ4v) is 7.57. The van der Waals surface area contributed by atoms with Crippen LogP contribution in [0.25, 0.3) is 21.8 Å². The molecule has 2 aliphatic heterocycles. The number of benzene rings is 2. The van der Waals surface area contributed by atoms with Gasteiger partial charge in [0.15, 0.2) is 0 Å². The van der Waals surface area contributed by atoms with E-state index < -0.39 is 0 Å². The van der Waals surface area contributed by atoms with E-state index in [9.17, 15) is 10.2 Å². The first kappa shape index (κ1) is 104. The lowest BCUT2D eigenvalue weighted by atomic mass is 10.1. The summed E-state index contributed by atoms with van der Waals surface area (Å²) < 4.78 is 0. The number of hydrogen-bond acceptors (Lipinski definition) is 6. The van der Waals surface area contributed by atoms with Gasteiger partial charge in [0, 0.05) is 494 Å². The second-order valence-corrected chi connectivity index (χ2v) is 21.5. The zero-order valence-corrected chi connectivity index (χ0v) is 70.8. The van der Waals surface area contributed by atoms with Crippen LogP contribution in [-0.4, -0.2) is 51.3 Å². The van der Waals surface area contributed by atoms with Crippen LogP contribution in [0, 0.1) is 0 Å². The molecule has 135 heavy (non-hydrogen) atoms. The predicted octanol–water partition coefficient (Wildman–Crippen LogP) is 21.6. The Morgan fingerprint density at radius 3 is 0.585 bits per heavy atom. The van der Waals surface area contributed by atoms with Gasteiger partial charge >= 0.3 is 0 Å². The number of aromatic hydroxyl groups is 2. The van der Waals surface area contributed by atoms with E-state index in [1.807, 2.05) is 42.5 Å². The number of fused-ring (bicyclic) bond motifs is 2. The summed E-state index contributed by atoms with van der Waals surface area (Å²) in [6, 6.07) is 17.1. The fourth-order valence-electron chi connectivity index (χ4n) is 7.57. The highest BCUT2D eigenvalue weighted by Gasteiger charge is 2.14. The summed E-state index contributed by atoms with van der Waals surface area (Å²) in [5.74, 6) is 0.585. The molecule has 4 heterocycles. The molecule has 0 amide bonds. The van der Waals surface area contributed by atoms with Crippen LogP contribution in [0.5, 0.6) is 11.5 Å². The first-order valence-corrected chi connectivity index (χ1v) is 37.7. The van der Waals surface area contributed by atoms with Crippen LogP contribution in [-0.2, 0) is 6.54 Å². The van der Waals surface area contributed by atoms with Crippen LogP contribution in [0.4, 0.5) is 0 Å². The van der Waals surface area contributed by atoms with Gasteiger partial charge in [-0.3, -0.25) is 14.9 Å². The van der Waals surface area contributed by atoms with Crippen molar-refractivity contribution in [2.24, 2.45) is 0 Å². The van der Waals surface area contributed by atoms with Crippen molar-refractivity contribution in [1.82, 2.24) is 20.2 Å². The minimum absolute atomic E-state index is 0.239. The number of hydrogen-bond donors (Lipinski definition) is 3. The van der Waals surface area contributed by atoms with Gasteiger partial charge in [0.05, 0.1) is 0 Å². The van der Waals surface area contributed by atoms with Crippen molar-refractivity contribution in [3.05, 3.63) is 647 Å². The number of rotatable bonds is 2. The molecule has 2 aliphatic rings. The Morgan fingerprint density at radius 2 is 0.400 bits per heavy atom. The third kappa shape index (κ3) is 68.4. The molecule has 2 fully saturated rings. The molecule has 2 aromatic heterocycles. The average molecular weight is 1680 g/mol. The van der Waals surface area contributed by atoms with Crippen molar-refractivity contribution in [2.45, 2.75) is 45.1 Å². The molecule has 0 saturated carbocycles. The van der Waals surface area contributed by atoms with Gasteiger partial charge < -0.3 is 15.5 Å². The van der Waals surface area contributed by atoms with E-state index >= 15 is 0 Å². The van der Waals surface area contributed by atoms with Crippen molar-refractivity contribution in [3.63, 3.8) is 0 Å². The molecule has 0 radical (unpaired) electrons. The lowest BCUT2D eigenvalue weighted by Crippen LogP contribution is -2.29. The molecule has 0 bridgehead atoms. The topological polar surface area (TPSA) is 81.5 Å². The Labute approximate surface area is 776 Å². The quantitative estimate of drug-likeness (QED) is 0.174. The Kier molecular flexibility index (Phi) is 65.9. The number of pyridine rings is 2. The van der Waals surface area contributed by atoms with E-state index in [2.05, 4.69) is 595 Å². The molecule has 0 aliphatic carbocycles. The number of nitrogens with zero attached hydrogens (tertiary/aromatic N) is 3. The Balaban J connectivity index is 0.00000108. The van der Waals surface area contributed by atoms with Crippen molar-refractivity contribution in [3.8, 4) is 11.5 Å². The molecule has 3 N–H and O–H groups in total. The second-order valence-electron chi connectivity index (χ2n) is 21.5. The zero-order valence-electron chi connectivity index (χ0n) is 70.8. The van der Waals surface area contributed by atoms with Gasteiger partial charge in [0.2, 0.25) is 0 Å². The minimum Gasteiger partial charge on any atom is -0.506 e. The highest BCUT2D eigenvalue weighted by molar-refractivity contribution is 5.85. The van der Waals surface area contributed by atoms with Gasteiger partial charge in [-0.25, -0.2) is 0 Å². The molecule has 6 heteroatoms. The summed E-state index contributed by atoms with van der Waals surface area (Å²) in [5, 5.41) is 24.8. The molecule has 0 atom stereocenters. The van der Waals surface area contributed by atoms with Crippen LogP contribution in [0.1, 0.15) is 44.1 Å². The Hall–Kier alpha value is -25.0. The van der Waals surface area contributed by atoms with Crippen LogP contribution in [0.2, 0.25) is 0 Å². The number of nitrogens with one attached hydrogen (secondary N) is 1. The number of para-hydroxylation sites is 1. The predicted molar refractivity (Wildman–Crippen MR) is 498 cm³/mol. The lowest BCUT2D eigenvalue weighted by molar-refractivity contribution is 0.218. The average Bonchev–Trinajstić information content (AvgIpc) is 0.806. The van der Waals surface area contributed by atoms with Crippen molar-refractivity contribution < 1.29 is 10.2 Å². The molecule has 0 unspecified atom stereocenters. The molecule has 2 saturated heterocycles. The normalized spacial score (nSPS) is 7.11. The van der Waals surface area contributed by atoms with E-state index in [0.29, 0.717) is 16.8 Å². The first-order valence-electron chi connectivity index (χ1n) is 37.7. The summed E-state index contributed by atoms with van der Waals surface area (Å²) in [6.07, 6.45) is 11.5. The maximum absolute atomic E-state index is 10.3. The third-order valence-corrected chi connectivity index (χ3v) is 12.6. The van der Waals surface area contributed by atoms with Gasteiger partial charge in [0.1, 0.15) is 22.5 Å². The second kappa shape index (κ2) is 85.4. The molecular weight excluding hydrogens is 1640 g/mol. The standard InChI is InChI=1S/C100H4.C15H18N2O.C9H7NO.C5H11N/c1-3-5-7-9-11-13-15-17-19-21-23-25-27-29-31-33-35-37-39-41-43-45-47-49-51-53-55-57-59-61-63-65-67-69-71-73-75-77-79-81-83-85-87-89-91-93-95-97-99-100-98-96-94-92-90-88-86-84-82-80-78-76-74-72-70-68-66-64-62-60-58-56-54-52-50-48-46-44-42-40-38-36-34-32-30-28-26-24-22-20-18-16-14-12-10-8-6-4-2;18-15-13(11-17-9-2-1-3-10-17)7-6-12-5-4-8-16-14(12)15;11-8-5-1-3-7-4-2-6-10-9(7)8;1-2-4-6-5-3-1/h1-2H2;4-8,18H,1-3,9-11H2;1-6,11H;6H,1-5H2. The van der Waals surface area contributed by atoms with E-state index in [0.717, 1.165) is 36.0 Å². The molecular formula is C129H40N4O2. The highest BCUT2D eigenvalue weighted by atomic mass is 16.3. The van der Waals surface area contributed by atoms with Gasteiger partial charge in [-0.05, 0) is 175 Å². The van der Waals surface area contributed by atoms with Crippen LogP contribution in [0.15, 0.2) is 642 Å². The summed E-state index contributed by atoms with van der Waals surface area (Å²) >= 11 is 0. The van der Waals surface area contributed by atoms with E-state index in [4.69, 9.17) is 0 Å². The fraction of sp³-hybridized carbons (Fsp3) is 0.0853. The Bertz CT molecular complexity index is 9450. The minimum atomic E-state index is 0.239. The van der Waals surface area contributed by atoms with E-state index in [1.54, 1.807) is 24.5 Å². The monoisotopic (exact) mass is 1680 g/mol. The van der Waals surface area contributed by atoms with Gasteiger partial charge in [-0.1, -0.05) is 60.7 Å². The number of phenols is 2. The summed E-state index contributed by atoms with van der Waals surface area (Å²) in [7, 11) is 0. The maximum Gasteiger partial charge on any atom is 0.146 e. The number of phenolic OH excluding ortho intramolecular Hbond substituents is 2. The van der Waals surface area contributed by atoms with Crippen LogP contribution in [0.3, 0.4) is 0 Å². The molecule has 0 spiro atoms. The van der Waals surface area contributed by atoms with Crippen molar-refractivity contribution in [1.29, 1.82) is 0 Å². The van der Waals surface area contributed by atoms with Crippen molar-refractivity contribution >= 4 is 21.8 Å². The zero-order chi connectivity index (χ0) is 95.6. The smallest absolute Gasteiger partial charge is 0.146 e. The Morgan fingerprint density at radius 1 is 0.215 bits per heavy atom. The molecule has 6 rings (SSSR count). The van der Waals surface area contributed by atoms with E-state index in [1.165, 1.54) is 51.6 Å². The summed E-state index contributed by atoms with van der Waals surface area (Å²) in [6.45, 7) is 12.2. The van der Waals surface area contributed by atoms with Gasteiger partial charge in [-0.15, -0.1) is 0 Å².